The van der Waals surface area contributed by atoms with E-state index in [0.29, 0.717) is 6.04 Å². The van der Waals surface area contributed by atoms with E-state index in [1.165, 1.54) is 51.4 Å². The first-order valence-electron chi connectivity index (χ1n) is 8.03. The van der Waals surface area contributed by atoms with Crippen LogP contribution in [-0.4, -0.2) is 9.78 Å². The molecule has 0 aromatic carbocycles. The van der Waals surface area contributed by atoms with Crippen molar-refractivity contribution in [1.82, 2.24) is 9.78 Å². The van der Waals surface area contributed by atoms with E-state index in [4.69, 9.17) is 0 Å². The average molecular weight is 258 g/mol. The van der Waals surface area contributed by atoms with Gasteiger partial charge in [-0.25, -0.2) is 0 Å². The summed E-state index contributed by atoms with van der Waals surface area (Å²) >= 11 is 0. The van der Waals surface area contributed by atoms with Crippen molar-refractivity contribution in [1.29, 1.82) is 0 Å². The molecule has 0 radical (unpaired) electrons. The molecule has 0 spiro atoms. The number of hydrogen-bond donors (Lipinski definition) is 1. The van der Waals surface area contributed by atoms with Gasteiger partial charge in [0, 0.05) is 23.2 Å². The highest BCUT2D eigenvalue weighted by atomic mass is 16.1. The Hall–Kier alpha value is -0.990. The van der Waals surface area contributed by atoms with Gasteiger partial charge in [-0.1, -0.05) is 0 Å². The average Bonchev–Trinajstić information content (AvgIpc) is 3.11. The van der Waals surface area contributed by atoms with Gasteiger partial charge in [0.15, 0.2) is 0 Å². The Balaban J connectivity index is 1.59. The Morgan fingerprint density at radius 2 is 1.63 bits per heavy atom. The summed E-state index contributed by atoms with van der Waals surface area (Å²) in [7, 11) is 0. The summed E-state index contributed by atoms with van der Waals surface area (Å²) in [5.74, 6) is 2.74. The van der Waals surface area contributed by atoms with Gasteiger partial charge < -0.3 is 0 Å². The van der Waals surface area contributed by atoms with Crippen molar-refractivity contribution in [3.63, 3.8) is 0 Å². The molecule has 3 heteroatoms. The topological polar surface area (TPSA) is 37.8 Å². The maximum absolute atomic E-state index is 12.4. The van der Waals surface area contributed by atoms with Crippen molar-refractivity contribution in [3.05, 3.63) is 22.1 Å². The van der Waals surface area contributed by atoms with Crippen LogP contribution >= 0.6 is 0 Å². The summed E-state index contributed by atoms with van der Waals surface area (Å²) < 4.78 is 2.11. The highest BCUT2D eigenvalue weighted by Crippen LogP contribution is 2.60. The van der Waals surface area contributed by atoms with Crippen molar-refractivity contribution in [2.24, 2.45) is 17.8 Å². The minimum atomic E-state index is 0.217. The van der Waals surface area contributed by atoms with Crippen LogP contribution in [0.1, 0.15) is 63.0 Å². The first kappa shape index (κ1) is 10.8. The number of nitrogens with zero attached hydrogens (tertiary/aromatic N) is 1. The zero-order valence-electron chi connectivity index (χ0n) is 11.4. The first-order valence-corrected chi connectivity index (χ1v) is 8.03. The Labute approximate surface area is 113 Å². The summed E-state index contributed by atoms with van der Waals surface area (Å²) in [6.45, 7) is 0. The molecule has 5 fully saturated rings. The Morgan fingerprint density at radius 3 is 2.16 bits per heavy atom. The molecule has 3 nitrogen and oxygen atoms in total. The second kappa shape index (κ2) is 3.36. The zero-order chi connectivity index (χ0) is 12.6. The molecule has 4 bridgehead atoms. The van der Waals surface area contributed by atoms with Gasteiger partial charge in [0.2, 0.25) is 0 Å². The molecule has 1 aromatic rings. The second-order valence-corrected chi connectivity index (χ2v) is 7.82. The molecule has 0 aliphatic heterocycles. The van der Waals surface area contributed by atoms with Crippen molar-refractivity contribution in [2.75, 3.05) is 0 Å². The van der Waals surface area contributed by atoms with E-state index in [-0.39, 0.29) is 11.0 Å². The SMILES string of the molecule is O=c1[nH]n(C2CC2)cc1C12CC3CC(CC(C3)C1)C2. The summed E-state index contributed by atoms with van der Waals surface area (Å²) in [5, 5.41) is 3.09. The number of aromatic nitrogens is 2. The van der Waals surface area contributed by atoms with Crippen LogP contribution < -0.4 is 5.56 Å². The third-order valence-electron chi connectivity index (χ3n) is 6.29. The van der Waals surface area contributed by atoms with E-state index in [9.17, 15) is 4.79 Å². The summed E-state index contributed by atoms with van der Waals surface area (Å²) in [4.78, 5) is 12.4. The lowest BCUT2D eigenvalue weighted by atomic mass is 9.48. The molecule has 0 atom stereocenters. The fourth-order valence-corrected chi connectivity index (χ4v) is 5.78. The maximum Gasteiger partial charge on any atom is 0.267 e. The van der Waals surface area contributed by atoms with Gasteiger partial charge in [-0.05, 0) is 69.1 Å². The lowest BCUT2D eigenvalue weighted by Gasteiger charge is -2.56. The highest BCUT2D eigenvalue weighted by Gasteiger charge is 2.53. The molecular formula is C16H22N2O. The Kier molecular flexibility index (Phi) is 1.90. The van der Waals surface area contributed by atoms with E-state index in [2.05, 4.69) is 16.0 Å². The molecule has 102 valence electrons. The number of hydrogen-bond acceptors (Lipinski definition) is 1. The second-order valence-electron chi connectivity index (χ2n) is 7.82. The highest BCUT2D eigenvalue weighted by molar-refractivity contribution is 5.25. The van der Waals surface area contributed by atoms with Crippen LogP contribution in [-0.2, 0) is 5.41 Å². The van der Waals surface area contributed by atoms with Crippen molar-refractivity contribution in [3.8, 4) is 0 Å². The van der Waals surface area contributed by atoms with Gasteiger partial charge in [0.05, 0.1) is 0 Å². The van der Waals surface area contributed by atoms with Gasteiger partial charge in [0.25, 0.3) is 5.56 Å². The van der Waals surface area contributed by atoms with Crippen LogP contribution in [0, 0.1) is 17.8 Å². The van der Waals surface area contributed by atoms with E-state index in [1.807, 2.05) is 0 Å². The predicted molar refractivity (Wildman–Crippen MR) is 73.2 cm³/mol. The van der Waals surface area contributed by atoms with Gasteiger partial charge in [-0.15, -0.1) is 0 Å². The smallest absolute Gasteiger partial charge is 0.267 e. The van der Waals surface area contributed by atoms with Gasteiger partial charge >= 0.3 is 0 Å². The fourth-order valence-electron chi connectivity index (χ4n) is 5.78. The Bertz CT molecular complexity index is 543. The number of H-pyrrole nitrogens is 1. The van der Waals surface area contributed by atoms with Crippen LogP contribution in [0.2, 0.25) is 0 Å². The maximum atomic E-state index is 12.4. The van der Waals surface area contributed by atoms with E-state index < -0.39 is 0 Å². The molecule has 6 rings (SSSR count). The predicted octanol–water partition coefficient (Wildman–Crippen LogP) is 2.98. The molecule has 0 unspecified atom stereocenters. The summed E-state index contributed by atoms with van der Waals surface area (Å²) in [6, 6.07) is 0.593. The molecule has 5 aliphatic carbocycles. The number of aromatic amines is 1. The first-order chi connectivity index (χ1) is 9.22. The van der Waals surface area contributed by atoms with Crippen LogP contribution in [0.5, 0.6) is 0 Å². The van der Waals surface area contributed by atoms with Crippen LogP contribution in [0.25, 0.3) is 0 Å². The minimum Gasteiger partial charge on any atom is -0.289 e. The molecule has 1 heterocycles. The molecule has 5 saturated carbocycles. The van der Waals surface area contributed by atoms with Crippen molar-refractivity contribution >= 4 is 0 Å². The monoisotopic (exact) mass is 258 g/mol. The zero-order valence-corrected chi connectivity index (χ0v) is 11.4. The molecule has 0 saturated heterocycles. The largest absolute Gasteiger partial charge is 0.289 e. The molecule has 1 aromatic heterocycles. The van der Waals surface area contributed by atoms with E-state index >= 15 is 0 Å². The lowest BCUT2D eigenvalue weighted by Crippen LogP contribution is -2.49. The van der Waals surface area contributed by atoms with Crippen LogP contribution in [0.4, 0.5) is 0 Å². The molecule has 5 aliphatic rings. The quantitative estimate of drug-likeness (QED) is 0.870. The molecule has 19 heavy (non-hydrogen) atoms. The number of nitrogens with one attached hydrogen (secondary N) is 1. The standard InChI is InChI=1S/C16H22N2O/c19-15-14(9-18(17-15)13-1-2-13)16-6-10-3-11(7-16)5-12(4-10)8-16/h9-13H,1-8H2,(H,17,19). The van der Waals surface area contributed by atoms with E-state index in [1.54, 1.807) is 0 Å². The van der Waals surface area contributed by atoms with Crippen molar-refractivity contribution < 1.29 is 0 Å². The molecular weight excluding hydrogens is 236 g/mol. The molecule has 1 N–H and O–H groups in total. The molecule has 0 amide bonds. The fraction of sp³-hybridized carbons (Fsp3) is 0.812. The van der Waals surface area contributed by atoms with Crippen LogP contribution in [0.15, 0.2) is 11.0 Å². The van der Waals surface area contributed by atoms with E-state index in [0.717, 1.165) is 23.3 Å². The Morgan fingerprint density at radius 1 is 1.05 bits per heavy atom. The summed E-state index contributed by atoms with van der Waals surface area (Å²) in [5.41, 5.74) is 1.61. The summed E-state index contributed by atoms with van der Waals surface area (Å²) in [6.07, 6.45) is 12.9. The third kappa shape index (κ3) is 1.47. The van der Waals surface area contributed by atoms with Gasteiger partial charge in [0.1, 0.15) is 0 Å². The minimum absolute atomic E-state index is 0.217. The van der Waals surface area contributed by atoms with Crippen molar-refractivity contribution in [2.45, 2.75) is 62.8 Å². The number of rotatable bonds is 2. The van der Waals surface area contributed by atoms with Gasteiger partial charge in [-0.3, -0.25) is 14.6 Å². The lowest BCUT2D eigenvalue weighted by molar-refractivity contribution is -0.00567. The normalized spacial score (nSPS) is 43.9. The van der Waals surface area contributed by atoms with Gasteiger partial charge in [-0.2, -0.15) is 0 Å². The van der Waals surface area contributed by atoms with Crippen LogP contribution in [0.3, 0.4) is 0 Å². The third-order valence-corrected chi connectivity index (χ3v) is 6.29.